The number of hydrogen-bond donors (Lipinski definition) is 0. The van der Waals surface area contributed by atoms with Crippen molar-refractivity contribution in [1.82, 2.24) is 0 Å². The van der Waals surface area contributed by atoms with E-state index in [0.717, 1.165) is 11.3 Å². The molecule has 0 spiro atoms. The van der Waals surface area contributed by atoms with E-state index in [-0.39, 0.29) is 11.7 Å². The van der Waals surface area contributed by atoms with Crippen LogP contribution in [0.1, 0.15) is 22.8 Å². The van der Waals surface area contributed by atoms with Crippen LogP contribution >= 0.6 is 11.6 Å². The number of nitrogens with zero attached hydrogens (tertiary/aromatic N) is 2. The Balaban J connectivity index is 1.44. The zero-order chi connectivity index (χ0) is 25.8. The third-order valence-corrected chi connectivity index (χ3v) is 7.42. The fourth-order valence-electron chi connectivity index (χ4n) is 5.68. The van der Waals surface area contributed by atoms with Crippen LogP contribution in [-0.4, -0.2) is 35.7 Å². The van der Waals surface area contributed by atoms with Crippen molar-refractivity contribution in [2.45, 2.75) is 19.0 Å². The fraction of sp³-hybridized carbons (Fsp3) is 0.172. The topological polar surface area (TPSA) is 84.0 Å². The van der Waals surface area contributed by atoms with E-state index in [0.29, 0.717) is 22.0 Å². The molecule has 37 heavy (non-hydrogen) atoms. The summed E-state index contributed by atoms with van der Waals surface area (Å²) in [6.45, 7) is 1.30. The molecule has 6 rings (SSSR count). The number of fused-ring (bicyclic) bond motifs is 5. The van der Waals surface area contributed by atoms with Crippen molar-refractivity contribution in [3.63, 3.8) is 0 Å². The predicted octanol–water partition coefficient (Wildman–Crippen LogP) is 4.54. The minimum absolute atomic E-state index is 0.281. The Bertz CT molecular complexity index is 1480. The molecule has 8 heteroatoms. The number of halogens is 1. The van der Waals surface area contributed by atoms with Crippen molar-refractivity contribution < 1.29 is 23.9 Å². The van der Waals surface area contributed by atoms with E-state index < -0.39 is 35.8 Å². The van der Waals surface area contributed by atoms with Gasteiger partial charge < -0.3 is 9.64 Å². The SMILES string of the molecule is CC(=O)Oc1ccc(C(=O)[C@H]2[C@H]3C(=O)N(c4ccc(Cl)cc4)C(=O)[C@H]3[C@@H]3C=Cc4ccccc4N32)cc1. The largest absolute Gasteiger partial charge is 0.427 e. The molecule has 2 amide bonds. The minimum Gasteiger partial charge on any atom is -0.427 e. The highest BCUT2D eigenvalue weighted by molar-refractivity contribution is 6.31. The van der Waals surface area contributed by atoms with E-state index in [1.54, 1.807) is 48.5 Å². The number of esters is 1. The van der Waals surface area contributed by atoms with Gasteiger partial charge in [0.25, 0.3) is 0 Å². The molecule has 7 nitrogen and oxygen atoms in total. The predicted molar refractivity (Wildman–Crippen MR) is 139 cm³/mol. The molecule has 3 heterocycles. The standard InChI is InChI=1S/C29H21ClN2O5/c1-16(33)37-21-13-6-18(7-14-21)27(34)26-25-24(23-15-8-17-4-2-3-5-22(17)32(23)26)28(35)31(29(25)36)20-11-9-19(30)10-12-20/h2-15,23-26H,1H3/t23-,24-,25-,26+/m0/s1. The van der Waals surface area contributed by atoms with Crippen LogP contribution < -0.4 is 14.5 Å². The van der Waals surface area contributed by atoms with Gasteiger partial charge in [-0.15, -0.1) is 0 Å². The summed E-state index contributed by atoms with van der Waals surface area (Å²) in [5.74, 6) is -2.76. The monoisotopic (exact) mass is 512 g/mol. The Morgan fingerprint density at radius 1 is 0.865 bits per heavy atom. The smallest absolute Gasteiger partial charge is 0.308 e. The number of ether oxygens (including phenoxy) is 1. The van der Waals surface area contributed by atoms with Gasteiger partial charge in [0.2, 0.25) is 11.8 Å². The van der Waals surface area contributed by atoms with Crippen LogP contribution in [-0.2, 0) is 14.4 Å². The Morgan fingerprint density at radius 3 is 2.24 bits per heavy atom. The maximum Gasteiger partial charge on any atom is 0.308 e. The molecule has 0 aliphatic carbocycles. The van der Waals surface area contributed by atoms with E-state index >= 15 is 0 Å². The van der Waals surface area contributed by atoms with Gasteiger partial charge in [0.05, 0.1) is 23.6 Å². The van der Waals surface area contributed by atoms with Gasteiger partial charge in [0.1, 0.15) is 11.8 Å². The molecule has 0 unspecified atom stereocenters. The van der Waals surface area contributed by atoms with Crippen LogP contribution in [0.5, 0.6) is 5.75 Å². The quantitative estimate of drug-likeness (QED) is 0.221. The lowest BCUT2D eigenvalue weighted by molar-refractivity contribution is -0.132. The third kappa shape index (κ3) is 3.65. The molecule has 0 bridgehead atoms. The van der Waals surface area contributed by atoms with Gasteiger partial charge in [-0.25, -0.2) is 4.90 Å². The van der Waals surface area contributed by atoms with Crippen molar-refractivity contribution >= 4 is 52.6 Å². The van der Waals surface area contributed by atoms with Crippen LogP contribution in [0, 0.1) is 11.8 Å². The molecule has 0 N–H and O–H groups in total. The first-order chi connectivity index (χ1) is 17.8. The van der Waals surface area contributed by atoms with Gasteiger partial charge in [0.15, 0.2) is 5.78 Å². The number of anilines is 2. The molecular formula is C29H21ClN2O5. The summed E-state index contributed by atoms with van der Waals surface area (Å²) in [6.07, 6.45) is 3.85. The lowest BCUT2D eigenvalue weighted by Gasteiger charge is -2.36. The summed E-state index contributed by atoms with van der Waals surface area (Å²) < 4.78 is 5.09. The first-order valence-electron chi connectivity index (χ1n) is 11.9. The molecule has 3 aromatic carbocycles. The molecule has 3 aliphatic heterocycles. The number of para-hydroxylation sites is 1. The molecule has 184 valence electrons. The fourth-order valence-corrected chi connectivity index (χ4v) is 5.81. The summed E-state index contributed by atoms with van der Waals surface area (Å²) in [7, 11) is 0. The number of Topliss-reactive ketones (excluding diaryl/α,β-unsaturated/α-hetero) is 1. The molecular weight excluding hydrogens is 492 g/mol. The molecule has 2 saturated heterocycles. The number of carbonyl (C=O) groups is 4. The van der Waals surface area contributed by atoms with Gasteiger partial charge >= 0.3 is 5.97 Å². The molecule has 0 saturated carbocycles. The van der Waals surface area contributed by atoms with Crippen molar-refractivity contribution in [2.24, 2.45) is 11.8 Å². The van der Waals surface area contributed by atoms with Crippen molar-refractivity contribution in [1.29, 1.82) is 0 Å². The Kier molecular flexibility index (Phi) is 5.46. The number of benzene rings is 3. The van der Waals surface area contributed by atoms with Crippen LogP contribution in [0.2, 0.25) is 5.02 Å². The average molecular weight is 513 g/mol. The number of carbonyl (C=O) groups excluding carboxylic acids is 4. The van der Waals surface area contributed by atoms with Crippen LogP contribution in [0.25, 0.3) is 6.08 Å². The highest BCUT2D eigenvalue weighted by Gasteiger charge is 2.64. The number of amides is 2. The summed E-state index contributed by atoms with van der Waals surface area (Å²) in [5, 5.41) is 0.492. The first-order valence-corrected chi connectivity index (χ1v) is 12.2. The number of hydrogen-bond acceptors (Lipinski definition) is 6. The second kappa shape index (κ2) is 8.71. The summed E-state index contributed by atoms with van der Waals surface area (Å²) in [4.78, 5) is 56.1. The summed E-state index contributed by atoms with van der Waals surface area (Å²) in [6, 6.07) is 19.0. The number of ketones is 1. The lowest BCUT2D eigenvalue weighted by atomic mass is 9.86. The molecule has 3 aromatic rings. The molecule has 0 aromatic heterocycles. The molecule has 0 radical (unpaired) electrons. The van der Waals surface area contributed by atoms with Crippen LogP contribution in [0.15, 0.2) is 78.9 Å². The van der Waals surface area contributed by atoms with Crippen molar-refractivity contribution in [3.8, 4) is 5.75 Å². The Labute approximate surface area is 217 Å². The molecule has 4 atom stereocenters. The zero-order valence-electron chi connectivity index (χ0n) is 19.7. The zero-order valence-corrected chi connectivity index (χ0v) is 20.5. The van der Waals surface area contributed by atoms with Crippen LogP contribution in [0.4, 0.5) is 11.4 Å². The van der Waals surface area contributed by atoms with Crippen molar-refractivity contribution in [2.75, 3.05) is 9.80 Å². The normalized spacial score (nSPS) is 23.5. The van der Waals surface area contributed by atoms with Gasteiger partial charge in [-0.2, -0.15) is 0 Å². The lowest BCUT2D eigenvalue weighted by Crippen LogP contribution is -2.48. The maximum absolute atomic E-state index is 14.1. The highest BCUT2D eigenvalue weighted by atomic mass is 35.5. The van der Waals surface area contributed by atoms with E-state index in [4.69, 9.17) is 16.3 Å². The van der Waals surface area contributed by atoms with Gasteiger partial charge in [-0.1, -0.05) is 42.0 Å². The second-order valence-corrected chi connectivity index (χ2v) is 9.72. The van der Waals surface area contributed by atoms with Gasteiger partial charge in [0, 0.05) is 23.2 Å². The first kappa shape index (κ1) is 23.2. The molecule has 3 aliphatic rings. The number of imide groups is 1. The number of rotatable bonds is 4. The van der Waals surface area contributed by atoms with E-state index in [1.165, 1.54) is 11.8 Å². The molecule has 2 fully saturated rings. The highest BCUT2D eigenvalue weighted by Crippen LogP contribution is 2.49. The minimum atomic E-state index is -0.894. The van der Waals surface area contributed by atoms with Gasteiger partial charge in [-0.05, 0) is 60.2 Å². The van der Waals surface area contributed by atoms with Crippen LogP contribution in [0.3, 0.4) is 0 Å². The van der Waals surface area contributed by atoms with E-state index in [1.807, 2.05) is 41.3 Å². The van der Waals surface area contributed by atoms with Crippen molar-refractivity contribution in [3.05, 3.63) is 95.0 Å². The maximum atomic E-state index is 14.1. The average Bonchev–Trinajstić information content (AvgIpc) is 3.37. The third-order valence-electron chi connectivity index (χ3n) is 7.17. The van der Waals surface area contributed by atoms with E-state index in [9.17, 15) is 19.2 Å². The Morgan fingerprint density at radius 2 is 1.54 bits per heavy atom. The van der Waals surface area contributed by atoms with E-state index in [2.05, 4.69) is 0 Å². The van der Waals surface area contributed by atoms with Gasteiger partial charge in [-0.3, -0.25) is 19.2 Å². The summed E-state index contributed by atoms with van der Waals surface area (Å²) in [5.41, 5.74) is 2.50. The Hall–Kier alpha value is -4.23. The second-order valence-electron chi connectivity index (χ2n) is 9.28. The summed E-state index contributed by atoms with van der Waals surface area (Å²) >= 11 is 6.02.